The third-order valence-electron chi connectivity index (χ3n) is 2.89. The number of halogens is 1. The molecule has 0 aliphatic heterocycles. The van der Waals surface area contributed by atoms with Gasteiger partial charge in [-0.3, -0.25) is 4.79 Å². The quantitative estimate of drug-likeness (QED) is 0.821. The lowest BCUT2D eigenvalue weighted by Crippen LogP contribution is -2.14. The van der Waals surface area contributed by atoms with Gasteiger partial charge < -0.3 is 14.8 Å². The van der Waals surface area contributed by atoms with E-state index in [9.17, 15) is 4.79 Å². The van der Waals surface area contributed by atoms with Crippen molar-refractivity contribution in [1.82, 2.24) is 0 Å². The summed E-state index contributed by atoms with van der Waals surface area (Å²) in [7, 11) is 0. The predicted octanol–water partition coefficient (Wildman–Crippen LogP) is 4.50. The average molecular weight is 364 g/mol. The minimum absolute atomic E-state index is 0.224. The van der Waals surface area contributed by atoms with Gasteiger partial charge in [0, 0.05) is 16.2 Å². The van der Waals surface area contributed by atoms with Crippen LogP contribution in [0, 0.1) is 0 Å². The van der Waals surface area contributed by atoms with Gasteiger partial charge in [-0.1, -0.05) is 22.0 Å². The summed E-state index contributed by atoms with van der Waals surface area (Å²) in [4.78, 5) is 12.5. The maximum atomic E-state index is 12.5. The molecule has 1 N–H and O–H groups in total. The summed E-state index contributed by atoms with van der Waals surface area (Å²) in [6.45, 7) is 4.88. The van der Waals surface area contributed by atoms with E-state index in [1.54, 1.807) is 18.2 Å². The number of hydrogen-bond acceptors (Lipinski definition) is 3. The van der Waals surface area contributed by atoms with Crippen LogP contribution in [0.2, 0.25) is 0 Å². The standard InChI is InChI=1S/C17H18BrNO3/c1-3-21-14-7-5-6-13(11-14)19-17(20)15-10-12(18)8-9-16(15)22-4-2/h5-11H,3-4H2,1-2H3,(H,19,20). The highest BCUT2D eigenvalue weighted by Crippen LogP contribution is 2.25. The number of carbonyl (C=O) groups excluding carboxylic acids is 1. The van der Waals surface area contributed by atoms with E-state index < -0.39 is 0 Å². The first-order valence-corrected chi connectivity index (χ1v) is 7.90. The maximum absolute atomic E-state index is 12.5. The van der Waals surface area contributed by atoms with Crippen molar-refractivity contribution in [3.05, 3.63) is 52.5 Å². The lowest BCUT2D eigenvalue weighted by Gasteiger charge is -2.12. The number of amides is 1. The number of ether oxygens (including phenoxy) is 2. The number of carbonyl (C=O) groups is 1. The Bertz CT molecular complexity index is 658. The van der Waals surface area contributed by atoms with Crippen LogP contribution in [-0.4, -0.2) is 19.1 Å². The fourth-order valence-corrected chi connectivity index (χ4v) is 2.35. The SMILES string of the molecule is CCOc1cccc(NC(=O)c2cc(Br)ccc2OCC)c1. The van der Waals surface area contributed by atoms with Crippen LogP contribution in [0.1, 0.15) is 24.2 Å². The normalized spacial score (nSPS) is 10.1. The molecule has 0 heterocycles. The summed E-state index contributed by atoms with van der Waals surface area (Å²) in [6.07, 6.45) is 0. The molecular weight excluding hydrogens is 346 g/mol. The highest BCUT2D eigenvalue weighted by Gasteiger charge is 2.13. The molecule has 5 heteroatoms. The molecule has 0 aliphatic carbocycles. The molecule has 0 radical (unpaired) electrons. The second-order valence-corrected chi connectivity index (χ2v) is 5.40. The molecular formula is C17H18BrNO3. The molecule has 22 heavy (non-hydrogen) atoms. The molecule has 0 saturated carbocycles. The minimum Gasteiger partial charge on any atom is -0.494 e. The number of nitrogens with one attached hydrogen (secondary N) is 1. The van der Waals surface area contributed by atoms with Crippen LogP contribution < -0.4 is 14.8 Å². The monoisotopic (exact) mass is 363 g/mol. The Morgan fingerprint density at radius 2 is 1.86 bits per heavy atom. The lowest BCUT2D eigenvalue weighted by molar-refractivity contribution is 0.102. The van der Waals surface area contributed by atoms with Gasteiger partial charge in [0.15, 0.2) is 0 Å². The molecule has 2 aromatic carbocycles. The second kappa shape index (κ2) is 7.84. The van der Waals surface area contributed by atoms with Crippen LogP contribution in [0.25, 0.3) is 0 Å². The molecule has 0 saturated heterocycles. The third-order valence-corrected chi connectivity index (χ3v) is 3.38. The van der Waals surface area contributed by atoms with Gasteiger partial charge >= 0.3 is 0 Å². The molecule has 0 aromatic heterocycles. The minimum atomic E-state index is -0.224. The van der Waals surface area contributed by atoms with Crippen molar-refractivity contribution in [3.63, 3.8) is 0 Å². The van der Waals surface area contributed by atoms with Crippen LogP contribution in [0.3, 0.4) is 0 Å². The Morgan fingerprint density at radius 3 is 2.59 bits per heavy atom. The van der Waals surface area contributed by atoms with E-state index in [0.29, 0.717) is 30.2 Å². The number of hydrogen-bond donors (Lipinski definition) is 1. The summed E-state index contributed by atoms with van der Waals surface area (Å²) in [5.74, 6) is 1.06. The smallest absolute Gasteiger partial charge is 0.259 e. The Balaban J connectivity index is 2.21. The molecule has 4 nitrogen and oxygen atoms in total. The van der Waals surface area contributed by atoms with E-state index in [1.165, 1.54) is 0 Å². The fraction of sp³-hybridized carbons (Fsp3) is 0.235. The second-order valence-electron chi connectivity index (χ2n) is 4.49. The summed E-state index contributed by atoms with van der Waals surface area (Å²) >= 11 is 3.38. The summed E-state index contributed by atoms with van der Waals surface area (Å²) < 4.78 is 11.8. The first-order chi connectivity index (χ1) is 10.6. The highest BCUT2D eigenvalue weighted by molar-refractivity contribution is 9.10. The Kier molecular flexibility index (Phi) is 5.83. The number of benzene rings is 2. The van der Waals surface area contributed by atoms with Crippen molar-refractivity contribution in [2.75, 3.05) is 18.5 Å². The fourth-order valence-electron chi connectivity index (χ4n) is 1.99. The molecule has 0 bridgehead atoms. The van der Waals surface area contributed by atoms with Crippen molar-refractivity contribution >= 4 is 27.5 Å². The van der Waals surface area contributed by atoms with Gasteiger partial charge in [0.25, 0.3) is 5.91 Å². The van der Waals surface area contributed by atoms with Crippen molar-refractivity contribution < 1.29 is 14.3 Å². The Labute approximate surface area is 138 Å². The van der Waals surface area contributed by atoms with E-state index in [1.807, 2.05) is 38.1 Å². The van der Waals surface area contributed by atoms with E-state index in [0.717, 1.165) is 10.2 Å². The van der Waals surface area contributed by atoms with Crippen LogP contribution in [0.15, 0.2) is 46.9 Å². The van der Waals surface area contributed by atoms with Gasteiger partial charge in [-0.25, -0.2) is 0 Å². The Hall–Kier alpha value is -2.01. The van der Waals surface area contributed by atoms with E-state index in [2.05, 4.69) is 21.2 Å². The zero-order chi connectivity index (χ0) is 15.9. The molecule has 0 unspecified atom stereocenters. The molecule has 0 atom stereocenters. The van der Waals surface area contributed by atoms with E-state index in [4.69, 9.17) is 9.47 Å². The van der Waals surface area contributed by atoms with Gasteiger partial charge in [-0.05, 0) is 44.2 Å². The number of anilines is 1. The van der Waals surface area contributed by atoms with Crippen molar-refractivity contribution in [2.45, 2.75) is 13.8 Å². The zero-order valence-corrected chi connectivity index (χ0v) is 14.1. The maximum Gasteiger partial charge on any atom is 0.259 e. The molecule has 1 amide bonds. The molecule has 116 valence electrons. The molecule has 0 fully saturated rings. The van der Waals surface area contributed by atoms with Gasteiger partial charge in [-0.2, -0.15) is 0 Å². The average Bonchev–Trinajstić information content (AvgIpc) is 2.50. The third kappa shape index (κ3) is 4.24. The summed E-state index contributed by atoms with van der Waals surface area (Å²) in [5.41, 5.74) is 1.16. The van der Waals surface area contributed by atoms with Crippen LogP contribution in [-0.2, 0) is 0 Å². The van der Waals surface area contributed by atoms with Gasteiger partial charge in [-0.15, -0.1) is 0 Å². The van der Waals surface area contributed by atoms with Crippen LogP contribution in [0.5, 0.6) is 11.5 Å². The van der Waals surface area contributed by atoms with Crippen LogP contribution in [0.4, 0.5) is 5.69 Å². The van der Waals surface area contributed by atoms with Crippen molar-refractivity contribution in [2.24, 2.45) is 0 Å². The molecule has 2 aromatic rings. The van der Waals surface area contributed by atoms with Crippen molar-refractivity contribution in [1.29, 1.82) is 0 Å². The topological polar surface area (TPSA) is 47.6 Å². The Morgan fingerprint density at radius 1 is 1.09 bits per heavy atom. The zero-order valence-electron chi connectivity index (χ0n) is 12.6. The molecule has 0 aliphatic rings. The molecule has 2 rings (SSSR count). The van der Waals surface area contributed by atoms with Gasteiger partial charge in [0.2, 0.25) is 0 Å². The van der Waals surface area contributed by atoms with E-state index >= 15 is 0 Å². The largest absolute Gasteiger partial charge is 0.494 e. The van der Waals surface area contributed by atoms with Gasteiger partial charge in [0.05, 0.1) is 18.8 Å². The summed E-state index contributed by atoms with van der Waals surface area (Å²) in [6, 6.07) is 12.7. The summed E-state index contributed by atoms with van der Waals surface area (Å²) in [5, 5.41) is 2.86. The first kappa shape index (κ1) is 16.4. The number of rotatable bonds is 6. The van der Waals surface area contributed by atoms with Crippen molar-refractivity contribution in [3.8, 4) is 11.5 Å². The first-order valence-electron chi connectivity index (χ1n) is 7.10. The van der Waals surface area contributed by atoms with Gasteiger partial charge in [0.1, 0.15) is 11.5 Å². The van der Waals surface area contributed by atoms with E-state index in [-0.39, 0.29) is 5.91 Å². The predicted molar refractivity (Wildman–Crippen MR) is 90.9 cm³/mol. The lowest BCUT2D eigenvalue weighted by atomic mass is 10.2. The van der Waals surface area contributed by atoms with Crippen LogP contribution >= 0.6 is 15.9 Å². The molecule has 0 spiro atoms. The highest BCUT2D eigenvalue weighted by atomic mass is 79.9.